The number of carbonyl (C=O) groups excluding carboxylic acids is 1. The smallest absolute Gasteiger partial charge is 0.205 e. The van der Waals surface area contributed by atoms with Crippen molar-refractivity contribution < 1.29 is 14.3 Å². The molecule has 23 heavy (non-hydrogen) atoms. The Morgan fingerprint density at radius 3 is 2.74 bits per heavy atom. The highest BCUT2D eigenvalue weighted by Crippen LogP contribution is 2.43. The topological polar surface area (TPSA) is 85.3 Å². The van der Waals surface area contributed by atoms with E-state index in [9.17, 15) is 10.1 Å². The average Bonchev–Trinajstić information content (AvgIpc) is 2.55. The predicted octanol–water partition coefficient (Wildman–Crippen LogP) is 3.02. The molecule has 3 rings (SSSR count). The van der Waals surface area contributed by atoms with Crippen molar-refractivity contribution in [1.82, 2.24) is 0 Å². The van der Waals surface area contributed by atoms with Gasteiger partial charge in [-0.05, 0) is 24.1 Å². The van der Waals surface area contributed by atoms with Gasteiger partial charge in [-0.2, -0.15) is 5.26 Å². The van der Waals surface area contributed by atoms with Crippen LogP contribution in [0.25, 0.3) is 0 Å². The maximum atomic E-state index is 12.4. The van der Waals surface area contributed by atoms with E-state index in [1.165, 1.54) is 6.26 Å². The van der Waals surface area contributed by atoms with Gasteiger partial charge in [0.1, 0.15) is 23.2 Å². The van der Waals surface area contributed by atoms with Gasteiger partial charge in [0, 0.05) is 18.4 Å². The van der Waals surface area contributed by atoms with Crippen LogP contribution in [0.2, 0.25) is 0 Å². The van der Waals surface area contributed by atoms with E-state index in [1.807, 2.05) is 12.1 Å². The van der Waals surface area contributed by atoms with Crippen molar-refractivity contribution in [2.24, 2.45) is 5.73 Å². The average molecular weight is 308 g/mol. The van der Waals surface area contributed by atoms with Crippen LogP contribution in [0, 0.1) is 11.3 Å². The summed E-state index contributed by atoms with van der Waals surface area (Å²) in [6.07, 6.45) is 3.21. The van der Waals surface area contributed by atoms with E-state index in [0.29, 0.717) is 29.9 Å². The molecule has 0 aromatic heterocycles. The van der Waals surface area contributed by atoms with E-state index in [2.05, 4.69) is 12.6 Å². The molecule has 5 nitrogen and oxygen atoms in total. The molecule has 0 fully saturated rings. The molecule has 5 heteroatoms. The molecule has 1 aromatic carbocycles. The molecule has 1 atom stereocenters. The monoisotopic (exact) mass is 308 g/mol. The standard InChI is InChI=1S/C18H16N2O3/c1-2-22-12-8-6-11(7-9-12)16-13(10-19)18(20)23-15-5-3-4-14(21)17(15)16/h2,6-9,16H,1,3-5,20H2. The second-order valence-electron chi connectivity index (χ2n) is 5.39. The van der Waals surface area contributed by atoms with Gasteiger partial charge < -0.3 is 15.2 Å². The van der Waals surface area contributed by atoms with Gasteiger partial charge in [0.15, 0.2) is 5.78 Å². The van der Waals surface area contributed by atoms with Crippen LogP contribution in [-0.2, 0) is 9.53 Å². The van der Waals surface area contributed by atoms with Gasteiger partial charge in [0.25, 0.3) is 0 Å². The zero-order valence-corrected chi connectivity index (χ0v) is 12.5. The summed E-state index contributed by atoms with van der Waals surface area (Å²) in [5.41, 5.74) is 7.54. The Labute approximate surface area is 134 Å². The van der Waals surface area contributed by atoms with Crippen LogP contribution in [-0.4, -0.2) is 5.78 Å². The quantitative estimate of drug-likeness (QED) is 0.867. The van der Waals surface area contributed by atoms with Gasteiger partial charge in [0.05, 0.1) is 12.2 Å². The summed E-state index contributed by atoms with van der Waals surface area (Å²) in [5, 5.41) is 9.47. The van der Waals surface area contributed by atoms with E-state index in [0.717, 1.165) is 12.0 Å². The van der Waals surface area contributed by atoms with Crippen molar-refractivity contribution in [2.75, 3.05) is 0 Å². The number of carbonyl (C=O) groups is 1. The summed E-state index contributed by atoms with van der Waals surface area (Å²) < 4.78 is 10.7. The lowest BCUT2D eigenvalue weighted by Crippen LogP contribution is -2.27. The lowest BCUT2D eigenvalue weighted by molar-refractivity contribution is -0.116. The number of nitrogens with zero attached hydrogens (tertiary/aromatic N) is 1. The fourth-order valence-corrected chi connectivity index (χ4v) is 3.02. The van der Waals surface area contributed by atoms with Gasteiger partial charge in [0.2, 0.25) is 5.88 Å². The normalized spacial score (nSPS) is 20.5. The third-order valence-electron chi connectivity index (χ3n) is 4.04. The van der Waals surface area contributed by atoms with Crippen LogP contribution in [0.5, 0.6) is 5.75 Å². The molecule has 0 spiro atoms. The van der Waals surface area contributed by atoms with Gasteiger partial charge in [-0.3, -0.25) is 4.79 Å². The Hall–Kier alpha value is -3.00. The minimum Gasteiger partial charge on any atom is -0.466 e. The summed E-state index contributed by atoms with van der Waals surface area (Å²) in [7, 11) is 0. The highest BCUT2D eigenvalue weighted by atomic mass is 16.5. The first-order chi connectivity index (χ1) is 11.2. The second-order valence-corrected chi connectivity index (χ2v) is 5.39. The third kappa shape index (κ3) is 2.59. The van der Waals surface area contributed by atoms with E-state index in [-0.39, 0.29) is 17.2 Å². The van der Waals surface area contributed by atoms with Gasteiger partial charge >= 0.3 is 0 Å². The molecule has 2 N–H and O–H groups in total. The molecule has 0 saturated heterocycles. The lowest BCUT2D eigenvalue weighted by Gasteiger charge is -2.31. The molecule has 1 unspecified atom stereocenters. The molecule has 2 aliphatic rings. The maximum Gasteiger partial charge on any atom is 0.205 e. The fourth-order valence-electron chi connectivity index (χ4n) is 3.02. The van der Waals surface area contributed by atoms with Gasteiger partial charge in [-0.25, -0.2) is 0 Å². The number of allylic oxidation sites excluding steroid dienone is 3. The molecule has 0 radical (unpaired) electrons. The van der Waals surface area contributed by atoms with E-state index in [4.69, 9.17) is 15.2 Å². The molecule has 1 heterocycles. The Morgan fingerprint density at radius 1 is 1.35 bits per heavy atom. The number of ether oxygens (including phenoxy) is 2. The Morgan fingerprint density at radius 2 is 2.09 bits per heavy atom. The number of benzene rings is 1. The predicted molar refractivity (Wildman–Crippen MR) is 83.8 cm³/mol. The molecule has 0 bridgehead atoms. The molecular formula is C18H16N2O3. The summed E-state index contributed by atoms with van der Waals surface area (Å²) in [5.74, 6) is 0.847. The van der Waals surface area contributed by atoms with Crippen LogP contribution >= 0.6 is 0 Å². The summed E-state index contributed by atoms with van der Waals surface area (Å²) in [6, 6.07) is 9.28. The van der Waals surface area contributed by atoms with Crippen LogP contribution in [0.15, 0.2) is 59.9 Å². The highest BCUT2D eigenvalue weighted by Gasteiger charge is 2.37. The molecular weight excluding hydrogens is 292 g/mol. The summed E-state index contributed by atoms with van der Waals surface area (Å²) >= 11 is 0. The molecule has 1 aliphatic carbocycles. The van der Waals surface area contributed by atoms with Crippen molar-refractivity contribution in [3.63, 3.8) is 0 Å². The van der Waals surface area contributed by atoms with E-state index >= 15 is 0 Å². The number of hydrogen-bond donors (Lipinski definition) is 1. The van der Waals surface area contributed by atoms with Crippen molar-refractivity contribution in [3.05, 3.63) is 65.5 Å². The highest BCUT2D eigenvalue weighted by molar-refractivity contribution is 5.99. The van der Waals surface area contributed by atoms with Crippen molar-refractivity contribution >= 4 is 5.78 Å². The minimum absolute atomic E-state index is 0.0166. The van der Waals surface area contributed by atoms with Crippen molar-refractivity contribution in [3.8, 4) is 11.8 Å². The first-order valence-corrected chi connectivity index (χ1v) is 7.37. The Bertz CT molecular complexity index is 766. The Balaban J connectivity index is 2.09. The minimum atomic E-state index is -0.477. The summed E-state index contributed by atoms with van der Waals surface area (Å²) in [4.78, 5) is 12.4. The molecule has 1 aliphatic heterocycles. The lowest BCUT2D eigenvalue weighted by atomic mass is 9.77. The van der Waals surface area contributed by atoms with Crippen LogP contribution in [0.4, 0.5) is 0 Å². The fraction of sp³-hybridized carbons (Fsp3) is 0.222. The largest absolute Gasteiger partial charge is 0.466 e. The van der Waals surface area contributed by atoms with Crippen molar-refractivity contribution in [2.45, 2.75) is 25.2 Å². The molecule has 116 valence electrons. The summed E-state index contributed by atoms with van der Waals surface area (Å²) in [6.45, 7) is 3.51. The molecule has 0 saturated carbocycles. The number of nitrogens with two attached hydrogens (primary N) is 1. The van der Waals surface area contributed by atoms with E-state index in [1.54, 1.807) is 12.1 Å². The van der Waals surface area contributed by atoms with Crippen molar-refractivity contribution in [1.29, 1.82) is 5.26 Å². The van der Waals surface area contributed by atoms with Crippen LogP contribution in [0.1, 0.15) is 30.7 Å². The number of Topliss-reactive ketones (excluding diaryl/α,β-unsaturated/α-hetero) is 1. The van der Waals surface area contributed by atoms with E-state index < -0.39 is 5.92 Å². The van der Waals surface area contributed by atoms with Gasteiger partial charge in [-0.15, -0.1) is 0 Å². The zero-order chi connectivity index (χ0) is 16.4. The SMILES string of the molecule is C=COc1ccc(C2C(C#N)=C(N)OC3=C2C(=O)CCC3)cc1. The van der Waals surface area contributed by atoms with Crippen LogP contribution in [0.3, 0.4) is 0 Å². The zero-order valence-electron chi connectivity index (χ0n) is 12.5. The first kappa shape index (κ1) is 14.9. The Kier molecular flexibility index (Phi) is 3.90. The number of hydrogen-bond acceptors (Lipinski definition) is 5. The molecule has 0 amide bonds. The second kappa shape index (κ2) is 6.01. The number of nitriles is 1. The molecule has 1 aromatic rings. The third-order valence-corrected chi connectivity index (χ3v) is 4.04. The van der Waals surface area contributed by atoms with Gasteiger partial charge in [-0.1, -0.05) is 18.7 Å². The number of ketones is 1. The first-order valence-electron chi connectivity index (χ1n) is 7.37. The van der Waals surface area contributed by atoms with Crippen LogP contribution < -0.4 is 10.5 Å². The number of rotatable bonds is 3. The maximum absolute atomic E-state index is 12.4.